The van der Waals surface area contributed by atoms with Crippen LogP contribution in [0.2, 0.25) is 0 Å². The van der Waals surface area contributed by atoms with Gasteiger partial charge in [-0.05, 0) is 67.6 Å². The van der Waals surface area contributed by atoms with Crippen molar-refractivity contribution in [2.75, 3.05) is 56.9 Å². The summed E-state index contributed by atoms with van der Waals surface area (Å²) in [4.78, 5) is 42.9. The van der Waals surface area contributed by atoms with E-state index in [1.807, 2.05) is 6.92 Å². The standard InChI is InChI=1S/C32H39N5O7/c1-20-17-37(21(2)19-38)30(39)26-7-6-8-27(35-31(40)33-22-9-13-24(42-4)14-10-22)29(26)44-28(20)18-36(3)32(41)34-23-11-15-25(43-5)16-12-23/h6-16,20-21,28,38H,17-19H2,1-5H3,(H,34,41)(H2,33,35,40)/t20-,21+,28+/m1/s1. The Morgan fingerprint density at radius 2 is 1.57 bits per heavy atom. The molecule has 3 aromatic carbocycles. The summed E-state index contributed by atoms with van der Waals surface area (Å²) in [5.74, 6) is 0.912. The molecule has 0 saturated carbocycles. The summed E-state index contributed by atoms with van der Waals surface area (Å²) >= 11 is 0. The van der Waals surface area contributed by atoms with E-state index in [9.17, 15) is 19.5 Å². The van der Waals surface area contributed by atoms with Gasteiger partial charge in [0.25, 0.3) is 5.91 Å². The minimum Gasteiger partial charge on any atom is -0.497 e. The molecule has 0 radical (unpaired) electrons. The van der Waals surface area contributed by atoms with Crippen molar-refractivity contribution in [1.82, 2.24) is 9.80 Å². The molecule has 0 aromatic heterocycles. The molecule has 1 heterocycles. The summed E-state index contributed by atoms with van der Waals surface area (Å²) in [7, 11) is 4.78. The van der Waals surface area contributed by atoms with E-state index in [2.05, 4.69) is 16.0 Å². The van der Waals surface area contributed by atoms with Crippen molar-refractivity contribution in [3.8, 4) is 17.2 Å². The predicted octanol–water partition coefficient (Wildman–Crippen LogP) is 4.73. The van der Waals surface area contributed by atoms with Crippen LogP contribution >= 0.6 is 0 Å². The summed E-state index contributed by atoms with van der Waals surface area (Å²) in [5.41, 5.74) is 1.65. The molecule has 3 aromatic rings. The fraction of sp³-hybridized carbons (Fsp3) is 0.344. The first-order chi connectivity index (χ1) is 21.1. The number of ether oxygens (including phenoxy) is 3. The number of carbonyl (C=O) groups is 3. The van der Waals surface area contributed by atoms with Crippen LogP contribution in [-0.4, -0.2) is 86.0 Å². The molecule has 0 aliphatic carbocycles. The van der Waals surface area contributed by atoms with Crippen molar-refractivity contribution in [2.24, 2.45) is 5.92 Å². The zero-order valence-corrected chi connectivity index (χ0v) is 25.5. The molecule has 0 bridgehead atoms. The van der Waals surface area contributed by atoms with Crippen LogP contribution in [-0.2, 0) is 0 Å². The average molecular weight is 606 g/mol. The number of urea groups is 2. The molecule has 234 valence electrons. The first kappa shape index (κ1) is 32.0. The average Bonchev–Trinajstić information content (AvgIpc) is 3.03. The number of amides is 5. The lowest BCUT2D eigenvalue weighted by atomic mass is 9.99. The zero-order chi connectivity index (χ0) is 31.8. The Labute approximate surface area is 256 Å². The van der Waals surface area contributed by atoms with Crippen LogP contribution in [0.1, 0.15) is 24.2 Å². The Morgan fingerprint density at radius 3 is 2.14 bits per heavy atom. The van der Waals surface area contributed by atoms with E-state index in [0.717, 1.165) is 0 Å². The van der Waals surface area contributed by atoms with Crippen LogP contribution < -0.4 is 30.2 Å². The quantitative estimate of drug-likeness (QED) is 0.276. The molecule has 1 aliphatic rings. The van der Waals surface area contributed by atoms with Gasteiger partial charge in [0.15, 0.2) is 5.75 Å². The topological polar surface area (TPSA) is 142 Å². The van der Waals surface area contributed by atoms with Gasteiger partial charge in [-0.1, -0.05) is 13.0 Å². The van der Waals surface area contributed by atoms with Crippen LogP contribution in [0.5, 0.6) is 17.2 Å². The summed E-state index contributed by atoms with van der Waals surface area (Å²) in [5, 5.41) is 18.4. The normalized spacial score (nSPS) is 16.8. The third-order valence-electron chi connectivity index (χ3n) is 7.43. The molecule has 12 nitrogen and oxygen atoms in total. The molecule has 1 aliphatic heterocycles. The van der Waals surface area contributed by atoms with Crippen molar-refractivity contribution in [3.63, 3.8) is 0 Å². The highest BCUT2D eigenvalue weighted by molar-refractivity contribution is 6.04. The van der Waals surface area contributed by atoms with Gasteiger partial charge in [-0.3, -0.25) is 4.79 Å². The molecule has 0 fully saturated rings. The maximum absolute atomic E-state index is 13.7. The molecule has 3 atom stereocenters. The van der Waals surface area contributed by atoms with Crippen LogP contribution in [0.4, 0.5) is 26.7 Å². The number of para-hydroxylation sites is 1. The van der Waals surface area contributed by atoms with E-state index in [4.69, 9.17) is 14.2 Å². The van der Waals surface area contributed by atoms with Gasteiger partial charge in [0.2, 0.25) is 0 Å². The number of hydrogen-bond acceptors (Lipinski definition) is 7. The molecule has 0 saturated heterocycles. The predicted molar refractivity (Wildman–Crippen MR) is 168 cm³/mol. The minimum absolute atomic E-state index is 0.171. The first-order valence-corrected chi connectivity index (χ1v) is 14.2. The number of aliphatic hydroxyl groups excluding tert-OH is 1. The van der Waals surface area contributed by atoms with Crippen molar-refractivity contribution < 1.29 is 33.7 Å². The van der Waals surface area contributed by atoms with Crippen molar-refractivity contribution in [2.45, 2.75) is 26.0 Å². The Kier molecular flexibility index (Phi) is 10.5. The molecule has 0 spiro atoms. The third-order valence-corrected chi connectivity index (χ3v) is 7.43. The van der Waals surface area contributed by atoms with Gasteiger partial charge in [0.1, 0.15) is 17.6 Å². The third kappa shape index (κ3) is 7.70. The Balaban J connectivity index is 1.59. The molecule has 12 heteroatoms. The summed E-state index contributed by atoms with van der Waals surface area (Å²) in [6.07, 6.45) is -0.575. The number of anilines is 3. The van der Waals surface area contributed by atoms with Crippen LogP contribution in [0, 0.1) is 5.92 Å². The number of likely N-dealkylation sites (N-methyl/N-ethyl adjacent to an activating group) is 1. The van der Waals surface area contributed by atoms with Gasteiger partial charge in [0.05, 0.1) is 44.7 Å². The second-order valence-electron chi connectivity index (χ2n) is 10.7. The monoisotopic (exact) mass is 605 g/mol. The Hall–Kier alpha value is -4.97. The number of methoxy groups -OCH3 is 2. The number of rotatable bonds is 9. The van der Waals surface area contributed by atoms with Gasteiger partial charge in [-0.2, -0.15) is 0 Å². The summed E-state index contributed by atoms with van der Waals surface area (Å²) < 4.78 is 16.8. The van der Waals surface area contributed by atoms with E-state index in [-0.39, 0.29) is 54.6 Å². The highest BCUT2D eigenvalue weighted by Gasteiger charge is 2.35. The number of fused-ring (bicyclic) bond motifs is 1. The van der Waals surface area contributed by atoms with Crippen molar-refractivity contribution in [1.29, 1.82) is 0 Å². The van der Waals surface area contributed by atoms with Crippen molar-refractivity contribution in [3.05, 3.63) is 72.3 Å². The molecule has 4 rings (SSSR count). The minimum atomic E-state index is -0.575. The summed E-state index contributed by atoms with van der Waals surface area (Å²) in [6.45, 7) is 3.91. The number of carbonyl (C=O) groups excluding carboxylic acids is 3. The first-order valence-electron chi connectivity index (χ1n) is 14.2. The van der Waals surface area contributed by atoms with Gasteiger partial charge in [-0.15, -0.1) is 0 Å². The Morgan fingerprint density at radius 1 is 0.977 bits per heavy atom. The molecular formula is C32H39N5O7. The molecular weight excluding hydrogens is 566 g/mol. The number of nitrogens with one attached hydrogen (secondary N) is 3. The highest BCUT2D eigenvalue weighted by Crippen LogP contribution is 2.35. The van der Waals surface area contributed by atoms with Gasteiger partial charge >= 0.3 is 12.1 Å². The molecule has 4 N–H and O–H groups in total. The number of hydrogen-bond donors (Lipinski definition) is 4. The fourth-order valence-corrected chi connectivity index (χ4v) is 4.76. The lowest BCUT2D eigenvalue weighted by molar-refractivity contribution is 0.0373. The molecule has 44 heavy (non-hydrogen) atoms. The van der Waals surface area contributed by atoms with Crippen LogP contribution in [0.3, 0.4) is 0 Å². The van der Waals surface area contributed by atoms with Gasteiger partial charge < -0.3 is 45.1 Å². The largest absolute Gasteiger partial charge is 0.497 e. The lowest BCUT2D eigenvalue weighted by Gasteiger charge is -2.38. The van der Waals surface area contributed by atoms with E-state index >= 15 is 0 Å². The summed E-state index contributed by atoms with van der Waals surface area (Å²) in [6, 6.07) is 17.4. The fourth-order valence-electron chi connectivity index (χ4n) is 4.76. The Bertz CT molecular complexity index is 1450. The lowest BCUT2D eigenvalue weighted by Crippen LogP contribution is -2.50. The number of nitrogens with zero attached hydrogens (tertiary/aromatic N) is 2. The van der Waals surface area contributed by atoms with E-state index < -0.39 is 18.2 Å². The van der Waals surface area contributed by atoms with Gasteiger partial charge in [-0.25, -0.2) is 9.59 Å². The SMILES string of the molecule is COc1ccc(NC(=O)Nc2cccc3c2O[C@@H](CN(C)C(=O)Nc2ccc(OC)cc2)[C@H](C)CN([C@@H](C)CO)C3=O)cc1. The smallest absolute Gasteiger partial charge is 0.323 e. The second-order valence-corrected chi connectivity index (χ2v) is 10.7. The maximum Gasteiger partial charge on any atom is 0.323 e. The van der Waals surface area contributed by atoms with Crippen LogP contribution in [0.25, 0.3) is 0 Å². The van der Waals surface area contributed by atoms with E-state index in [1.54, 1.807) is 99.8 Å². The van der Waals surface area contributed by atoms with Crippen LogP contribution in [0.15, 0.2) is 66.7 Å². The second kappa shape index (κ2) is 14.5. The highest BCUT2D eigenvalue weighted by atomic mass is 16.5. The molecule has 5 amide bonds. The number of aliphatic hydroxyl groups is 1. The zero-order valence-electron chi connectivity index (χ0n) is 25.5. The number of benzene rings is 3. The van der Waals surface area contributed by atoms with E-state index in [0.29, 0.717) is 22.9 Å². The van der Waals surface area contributed by atoms with Gasteiger partial charge in [0, 0.05) is 30.9 Å². The maximum atomic E-state index is 13.7. The van der Waals surface area contributed by atoms with Crippen molar-refractivity contribution >= 4 is 35.0 Å². The van der Waals surface area contributed by atoms with E-state index in [1.165, 1.54) is 4.90 Å². The molecule has 0 unspecified atom stereocenters.